The Bertz CT molecular complexity index is 416. The minimum atomic E-state index is -0.499. The fourth-order valence-electron chi connectivity index (χ4n) is 3.01. The molecule has 4 heteroatoms. The SMILES string of the molecule is CC1CCC(C)N(C(CN)c2c(F)cccc2F)C1. The van der Waals surface area contributed by atoms with Gasteiger partial charge in [-0.25, -0.2) is 8.78 Å². The van der Waals surface area contributed by atoms with E-state index in [4.69, 9.17) is 5.73 Å². The van der Waals surface area contributed by atoms with Gasteiger partial charge >= 0.3 is 0 Å². The molecule has 0 amide bonds. The van der Waals surface area contributed by atoms with Crippen molar-refractivity contribution in [1.82, 2.24) is 4.90 Å². The van der Waals surface area contributed by atoms with Gasteiger partial charge in [-0.2, -0.15) is 0 Å². The summed E-state index contributed by atoms with van der Waals surface area (Å²) in [7, 11) is 0. The molecule has 0 aromatic heterocycles. The molecule has 3 atom stereocenters. The molecule has 0 saturated carbocycles. The van der Waals surface area contributed by atoms with Crippen molar-refractivity contribution in [3.8, 4) is 0 Å². The molecule has 2 nitrogen and oxygen atoms in total. The molecule has 1 aliphatic rings. The highest BCUT2D eigenvalue weighted by Crippen LogP contribution is 2.32. The van der Waals surface area contributed by atoms with Crippen LogP contribution in [-0.4, -0.2) is 24.0 Å². The molecule has 1 aliphatic heterocycles. The Morgan fingerprint density at radius 3 is 2.47 bits per heavy atom. The Hall–Kier alpha value is -1.00. The molecular weight excluding hydrogens is 246 g/mol. The van der Waals surface area contributed by atoms with Crippen LogP contribution in [0.25, 0.3) is 0 Å². The van der Waals surface area contributed by atoms with E-state index in [1.165, 1.54) is 18.2 Å². The third-order valence-corrected chi connectivity index (χ3v) is 4.12. The lowest BCUT2D eigenvalue weighted by atomic mass is 9.91. The van der Waals surface area contributed by atoms with E-state index in [1.54, 1.807) is 0 Å². The first kappa shape index (κ1) is 14.4. The van der Waals surface area contributed by atoms with Crippen molar-refractivity contribution in [2.75, 3.05) is 13.1 Å². The highest BCUT2D eigenvalue weighted by atomic mass is 19.1. The topological polar surface area (TPSA) is 29.3 Å². The Labute approximate surface area is 113 Å². The molecule has 3 unspecified atom stereocenters. The van der Waals surface area contributed by atoms with Crippen LogP contribution in [0.4, 0.5) is 8.78 Å². The summed E-state index contributed by atoms with van der Waals surface area (Å²) in [5.41, 5.74) is 5.92. The average Bonchev–Trinajstić information content (AvgIpc) is 2.37. The molecule has 0 aliphatic carbocycles. The summed E-state index contributed by atoms with van der Waals surface area (Å²) in [6, 6.07) is 3.94. The van der Waals surface area contributed by atoms with Crippen molar-refractivity contribution in [1.29, 1.82) is 0 Å². The van der Waals surface area contributed by atoms with Crippen molar-refractivity contribution < 1.29 is 8.78 Å². The number of piperidine rings is 1. The fraction of sp³-hybridized carbons (Fsp3) is 0.600. The Morgan fingerprint density at radius 2 is 1.89 bits per heavy atom. The lowest BCUT2D eigenvalue weighted by molar-refractivity contribution is 0.0763. The molecule has 19 heavy (non-hydrogen) atoms. The molecule has 0 spiro atoms. The summed E-state index contributed by atoms with van der Waals surface area (Å²) < 4.78 is 27.9. The number of nitrogens with zero attached hydrogens (tertiary/aromatic N) is 1. The minimum Gasteiger partial charge on any atom is -0.329 e. The molecule has 0 bridgehead atoms. The Balaban J connectivity index is 2.33. The van der Waals surface area contributed by atoms with E-state index >= 15 is 0 Å². The number of likely N-dealkylation sites (tertiary alicyclic amines) is 1. The van der Waals surface area contributed by atoms with Gasteiger partial charge in [0, 0.05) is 24.7 Å². The van der Waals surface area contributed by atoms with Crippen LogP contribution in [0.2, 0.25) is 0 Å². The summed E-state index contributed by atoms with van der Waals surface area (Å²) in [6.07, 6.45) is 2.21. The van der Waals surface area contributed by atoms with E-state index in [1.807, 2.05) is 0 Å². The number of benzene rings is 1. The van der Waals surface area contributed by atoms with Gasteiger partial charge in [0.1, 0.15) is 11.6 Å². The van der Waals surface area contributed by atoms with Gasteiger partial charge in [0.15, 0.2) is 0 Å². The molecule has 106 valence electrons. The average molecular weight is 268 g/mol. The molecular formula is C15H22F2N2. The summed E-state index contributed by atoms with van der Waals surface area (Å²) in [4.78, 5) is 2.15. The summed E-state index contributed by atoms with van der Waals surface area (Å²) in [5, 5.41) is 0. The van der Waals surface area contributed by atoms with Crippen molar-refractivity contribution in [3.05, 3.63) is 35.4 Å². The first-order valence-corrected chi connectivity index (χ1v) is 6.94. The zero-order valence-electron chi connectivity index (χ0n) is 11.6. The van der Waals surface area contributed by atoms with Gasteiger partial charge in [0.25, 0.3) is 0 Å². The predicted molar refractivity (Wildman–Crippen MR) is 72.7 cm³/mol. The molecule has 1 aromatic carbocycles. The normalized spacial score (nSPS) is 26.4. The zero-order valence-corrected chi connectivity index (χ0v) is 11.6. The van der Waals surface area contributed by atoms with E-state index in [9.17, 15) is 8.78 Å². The maximum absolute atomic E-state index is 13.9. The van der Waals surface area contributed by atoms with Crippen LogP contribution in [-0.2, 0) is 0 Å². The van der Waals surface area contributed by atoms with E-state index < -0.39 is 11.6 Å². The number of hydrogen-bond acceptors (Lipinski definition) is 2. The third-order valence-electron chi connectivity index (χ3n) is 4.12. The van der Waals surface area contributed by atoms with Crippen LogP contribution in [0.15, 0.2) is 18.2 Å². The molecule has 0 radical (unpaired) electrons. The molecule has 1 saturated heterocycles. The maximum Gasteiger partial charge on any atom is 0.130 e. The van der Waals surface area contributed by atoms with Crippen LogP contribution in [0.3, 0.4) is 0 Å². The monoisotopic (exact) mass is 268 g/mol. The van der Waals surface area contributed by atoms with E-state index in [0.717, 1.165) is 19.4 Å². The minimum absolute atomic E-state index is 0.117. The smallest absolute Gasteiger partial charge is 0.130 e. The molecule has 2 N–H and O–H groups in total. The third kappa shape index (κ3) is 2.95. The zero-order chi connectivity index (χ0) is 14.0. The van der Waals surface area contributed by atoms with Gasteiger partial charge < -0.3 is 5.73 Å². The highest BCUT2D eigenvalue weighted by Gasteiger charge is 2.32. The van der Waals surface area contributed by atoms with Crippen LogP contribution < -0.4 is 5.73 Å². The number of rotatable bonds is 3. The van der Waals surface area contributed by atoms with Gasteiger partial charge in [-0.1, -0.05) is 13.0 Å². The quantitative estimate of drug-likeness (QED) is 0.912. The predicted octanol–water partition coefficient (Wildman–Crippen LogP) is 3.09. The van der Waals surface area contributed by atoms with Crippen LogP contribution >= 0.6 is 0 Å². The van der Waals surface area contributed by atoms with E-state index in [0.29, 0.717) is 12.0 Å². The lowest BCUT2D eigenvalue weighted by Gasteiger charge is -2.42. The second-order valence-corrected chi connectivity index (χ2v) is 5.62. The number of nitrogens with two attached hydrogens (primary N) is 1. The standard InChI is InChI=1S/C15H22F2N2/c1-10-6-7-11(2)19(9-10)14(8-18)15-12(16)4-3-5-13(15)17/h3-5,10-11,14H,6-9,18H2,1-2H3. The highest BCUT2D eigenvalue weighted by molar-refractivity contribution is 5.24. The van der Waals surface area contributed by atoms with Gasteiger partial charge in [-0.05, 0) is 37.8 Å². The van der Waals surface area contributed by atoms with Crippen molar-refractivity contribution >= 4 is 0 Å². The molecule has 2 rings (SSSR count). The van der Waals surface area contributed by atoms with E-state index in [-0.39, 0.29) is 18.2 Å². The fourth-order valence-corrected chi connectivity index (χ4v) is 3.01. The largest absolute Gasteiger partial charge is 0.329 e. The summed E-state index contributed by atoms with van der Waals surface area (Å²) in [5.74, 6) is -0.457. The van der Waals surface area contributed by atoms with Crippen molar-refractivity contribution in [2.45, 2.75) is 38.8 Å². The van der Waals surface area contributed by atoms with Crippen molar-refractivity contribution in [3.63, 3.8) is 0 Å². The molecule has 1 aromatic rings. The molecule has 1 heterocycles. The van der Waals surface area contributed by atoms with Crippen LogP contribution in [0.5, 0.6) is 0 Å². The lowest BCUT2D eigenvalue weighted by Crippen LogP contribution is -2.46. The summed E-state index contributed by atoms with van der Waals surface area (Å²) in [6.45, 7) is 5.35. The second-order valence-electron chi connectivity index (χ2n) is 5.62. The number of hydrogen-bond donors (Lipinski definition) is 1. The summed E-state index contributed by atoms with van der Waals surface area (Å²) >= 11 is 0. The van der Waals surface area contributed by atoms with Gasteiger partial charge in [-0.15, -0.1) is 0 Å². The van der Waals surface area contributed by atoms with E-state index in [2.05, 4.69) is 18.7 Å². The van der Waals surface area contributed by atoms with Crippen LogP contribution in [0, 0.1) is 17.6 Å². The first-order valence-electron chi connectivity index (χ1n) is 6.94. The second kappa shape index (κ2) is 5.97. The first-order chi connectivity index (χ1) is 9.04. The van der Waals surface area contributed by atoms with Gasteiger partial charge in [0.05, 0.1) is 6.04 Å². The van der Waals surface area contributed by atoms with Crippen LogP contribution in [0.1, 0.15) is 38.3 Å². The maximum atomic E-state index is 13.9. The molecule has 1 fully saturated rings. The van der Waals surface area contributed by atoms with Gasteiger partial charge in [0.2, 0.25) is 0 Å². The Morgan fingerprint density at radius 1 is 1.26 bits per heavy atom. The van der Waals surface area contributed by atoms with Gasteiger partial charge in [-0.3, -0.25) is 4.90 Å². The Kier molecular flexibility index (Phi) is 4.53. The number of halogens is 2. The van der Waals surface area contributed by atoms with Crippen molar-refractivity contribution in [2.24, 2.45) is 11.7 Å².